The van der Waals surface area contributed by atoms with E-state index in [1.54, 1.807) is 11.3 Å². The van der Waals surface area contributed by atoms with Gasteiger partial charge in [-0.1, -0.05) is 29.5 Å². The number of rotatable bonds is 9. The Morgan fingerprint density at radius 2 is 1.87 bits per heavy atom. The predicted octanol–water partition coefficient (Wildman–Crippen LogP) is 3.52. The van der Waals surface area contributed by atoms with E-state index in [1.807, 2.05) is 45.2 Å². The van der Waals surface area contributed by atoms with Crippen LogP contribution < -0.4 is 9.30 Å². The first-order valence-electron chi connectivity index (χ1n) is 7.79. The molecule has 5 heteroatoms. The fourth-order valence-corrected chi connectivity index (χ4v) is 2.84. The van der Waals surface area contributed by atoms with Gasteiger partial charge in [-0.15, -0.1) is 0 Å². The summed E-state index contributed by atoms with van der Waals surface area (Å²) in [6, 6.07) is 7.97. The highest BCUT2D eigenvalue weighted by Gasteiger charge is 2.10. The van der Waals surface area contributed by atoms with E-state index in [4.69, 9.17) is 14.2 Å². The summed E-state index contributed by atoms with van der Waals surface area (Å²) in [6.45, 7) is 5.47. The zero-order chi connectivity index (χ0) is 16.5. The number of hydrogen-bond acceptors (Lipinski definition) is 4. The van der Waals surface area contributed by atoms with Crippen molar-refractivity contribution in [2.45, 2.75) is 20.1 Å². The van der Waals surface area contributed by atoms with Crippen LogP contribution in [0.15, 0.2) is 35.2 Å². The molecule has 23 heavy (non-hydrogen) atoms. The van der Waals surface area contributed by atoms with Crippen molar-refractivity contribution in [2.75, 3.05) is 19.8 Å². The van der Waals surface area contributed by atoms with Crippen molar-refractivity contribution >= 4 is 23.5 Å². The normalized spacial score (nSPS) is 11.5. The van der Waals surface area contributed by atoms with E-state index in [2.05, 4.69) is 27.6 Å². The first kappa shape index (κ1) is 17.7. The summed E-state index contributed by atoms with van der Waals surface area (Å²) in [4.78, 5) is 0. The number of nitrogens with zero attached hydrogens (tertiary/aromatic N) is 1. The minimum atomic E-state index is -0.336. The van der Waals surface area contributed by atoms with Crippen molar-refractivity contribution in [2.24, 2.45) is 7.05 Å². The Balaban J connectivity index is 2.05. The van der Waals surface area contributed by atoms with Gasteiger partial charge >= 0.3 is 0 Å². The average Bonchev–Trinajstić information content (AvgIpc) is 2.97. The van der Waals surface area contributed by atoms with E-state index in [1.165, 1.54) is 0 Å². The molecular weight excluding hydrogens is 310 g/mol. The Morgan fingerprint density at radius 3 is 2.52 bits per heavy atom. The SMILES string of the molecule is CCOC(COc1ccccc1/C=C\c1csc[n+]1C)OCC. The van der Waals surface area contributed by atoms with Crippen LogP contribution in [0.5, 0.6) is 5.75 Å². The first-order chi connectivity index (χ1) is 11.2. The van der Waals surface area contributed by atoms with Gasteiger partial charge in [0.05, 0.1) is 5.38 Å². The van der Waals surface area contributed by atoms with Gasteiger partial charge in [-0.3, -0.25) is 0 Å². The lowest BCUT2D eigenvalue weighted by Gasteiger charge is -2.18. The highest BCUT2D eigenvalue weighted by Crippen LogP contribution is 2.21. The molecule has 1 aromatic heterocycles. The maximum atomic E-state index is 5.90. The molecule has 2 rings (SSSR count). The van der Waals surface area contributed by atoms with Gasteiger partial charge in [-0.2, -0.15) is 4.57 Å². The fraction of sp³-hybridized carbons (Fsp3) is 0.389. The van der Waals surface area contributed by atoms with Crippen LogP contribution in [0.4, 0.5) is 0 Å². The lowest BCUT2D eigenvalue weighted by atomic mass is 10.2. The van der Waals surface area contributed by atoms with Crippen molar-refractivity contribution < 1.29 is 18.8 Å². The molecule has 1 heterocycles. The minimum absolute atomic E-state index is 0.336. The molecule has 0 amide bonds. The Hall–Kier alpha value is -1.69. The number of ether oxygens (including phenoxy) is 3. The molecule has 0 saturated carbocycles. The summed E-state index contributed by atoms with van der Waals surface area (Å²) in [5, 5.41) is 2.11. The van der Waals surface area contributed by atoms with E-state index < -0.39 is 0 Å². The zero-order valence-electron chi connectivity index (χ0n) is 13.9. The largest absolute Gasteiger partial charge is 0.488 e. The third kappa shape index (κ3) is 5.46. The van der Waals surface area contributed by atoms with E-state index in [9.17, 15) is 0 Å². The molecule has 0 bridgehead atoms. The second kappa shape index (κ2) is 9.45. The Bertz CT molecular complexity index is 618. The van der Waals surface area contributed by atoms with E-state index in [0.29, 0.717) is 19.8 Å². The summed E-state index contributed by atoms with van der Waals surface area (Å²) in [5.41, 5.74) is 4.26. The molecule has 124 valence electrons. The third-order valence-corrected chi connectivity index (χ3v) is 4.06. The van der Waals surface area contributed by atoms with Crippen LogP contribution in [0.1, 0.15) is 25.1 Å². The average molecular weight is 334 g/mol. The van der Waals surface area contributed by atoms with E-state index in [0.717, 1.165) is 17.0 Å². The zero-order valence-corrected chi connectivity index (χ0v) is 14.7. The highest BCUT2D eigenvalue weighted by atomic mass is 32.1. The predicted molar refractivity (Wildman–Crippen MR) is 93.4 cm³/mol. The van der Waals surface area contributed by atoms with Crippen LogP contribution in [0.2, 0.25) is 0 Å². The summed E-state index contributed by atoms with van der Waals surface area (Å²) < 4.78 is 19.0. The van der Waals surface area contributed by atoms with Gasteiger partial charge in [0.2, 0.25) is 11.2 Å². The third-order valence-electron chi connectivity index (χ3n) is 3.25. The molecule has 2 aromatic rings. The number of thiazole rings is 1. The fourth-order valence-electron chi connectivity index (χ4n) is 2.09. The van der Waals surface area contributed by atoms with Gasteiger partial charge < -0.3 is 14.2 Å². The second-order valence-corrected chi connectivity index (χ2v) is 5.64. The Kier molecular flexibility index (Phi) is 7.26. The molecule has 0 spiro atoms. The maximum absolute atomic E-state index is 5.90. The van der Waals surface area contributed by atoms with Gasteiger partial charge in [0, 0.05) is 24.9 Å². The van der Waals surface area contributed by atoms with Crippen molar-refractivity contribution in [3.63, 3.8) is 0 Å². The van der Waals surface area contributed by atoms with Crippen LogP contribution in [0, 0.1) is 0 Å². The standard InChI is InChI=1S/C18H24NO3S/c1-4-20-18(21-5-2)12-22-17-9-7-6-8-15(17)10-11-16-13-23-14-19(16)3/h6-11,13-14,18H,4-5,12H2,1-3H3/q+1/b11-10-. The smallest absolute Gasteiger partial charge is 0.224 e. The molecule has 0 fully saturated rings. The number of aromatic nitrogens is 1. The second-order valence-electron chi connectivity index (χ2n) is 4.92. The van der Waals surface area contributed by atoms with Gasteiger partial charge in [-0.25, -0.2) is 0 Å². The molecule has 0 N–H and O–H groups in total. The van der Waals surface area contributed by atoms with Crippen LogP contribution >= 0.6 is 11.3 Å². The molecule has 0 unspecified atom stereocenters. The number of hydrogen-bond donors (Lipinski definition) is 0. The highest BCUT2D eigenvalue weighted by molar-refractivity contribution is 7.07. The van der Waals surface area contributed by atoms with Crippen molar-refractivity contribution in [3.05, 3.63) is 46.4 Å². The monoisotopic (exact) mass is 334 g/mol. The molecule has 0 atom stereocenters. The van der Waals surface area contributed by atoms with Gasteiger partial charge in [0.25, 0.3) is 0 Å². The Labute approximate surface area is 141 Å². The molecule has 0 saturated heterocycles. The van der Waals surface area contributed by atoms with E-state index >= 15 is 0 Å². The molecule has 4 nitrogen and oxygen atoms in total. The van der Waals surface area contributed by atoms with Crippen LogP contribution in [0.3, 0.4) is 0 Å². The molecular formula is C18H24NO3S+. The van der Waals surface area contributed by atoms with Gasteiger partial charge in [0.15, 0.2) is 6.29 Å². The van der Waals surface area contributed by atoms with E-state index in [-0.39, 0.29) is 6.29 Å². The summed E-state index contributed by atoms with van der Waals surface area (Å²) in [5.74, 6) is 0.825. The van der Waals surface area contributed by atoms with Crippen LogP contribution in [-0.4, -0.2) is 26.1 Å². The number of aryl methyl sites for hydroxylation is 1. The Morgan fingerprint density at radius 1 is 1.13 bits per heavy atom. The lowest BCUT2D eigenvalue weighted by molar-refractivity contribution is -0.668. The number of benzene rings is 1. The van der Waals surface area contributed by atoms with Crippen molar-refractivity contribution in [1.82, 2.24) is 0 Å². The molecule has 1 aromatic carbocycles. The van der Waals surface area contributed by atoms with Gasteiger partial charge in [-0.05, 0) is 26.0 Å². The van der Waals surface area contributed by atoms with Crippen molar-refractivity contribution in [3.8, 4) is 5.75 Å². The van der Waals surface area contributed by atoms with Crippen LogP contribution in [-0.2, 0) is 16.5 Å². The number of para-hydroxylation sites is 1. The topological polar surface area (TPSA) is 31.6 Å². The van der Waals surface area contributed by atoms with Crippen molar-refractivity contribution in [1.29, 1.82) is 0 Å². The summed E-state index contributed by atoms with van der Waals surface area (Å²) in [7, 11) is 2.04. The molecule has 0 aliphatic carbocycles. The summed E-state index contributed by atoms with van der Waals surface area (Å²) >= 11 is 1.68. The summed E-state index contributed by atoms with van der Waals surface area (Å²) in [6.07, 6.45) is 3.81. The maximum Gasteiger partial charge on any atom is 0.224 e. The molecule has 0 aliphatic rings. The lowest BCUT2D eigenvalue weighted by Crippen LogP contribution is -2.27. The minimum Gasteiger partial charge on any atom is -0.488 e. The quantitative estimate of drug-likeness (QED) is 0.519. The first-order valence-corrected chi connectivity index (χ1v) is 8.73. The van der Waals surface area contributed by atoms with Gasteiger partial charge in [0.1, 0.15) is 19.4 Å². The molecule has 0 aliphatic heterocycles. The van der Waals surface area contributed by atoms with Crippen LogP contribution in [0.25, 0.3) is 12.2 Å². The molecule has 0 radical (unpaired) electrons.